The van der Waals surface area contributed by atoms with Gasteiger partial charge in [0.25, 0.3) is 0 Å². The summed E-state index contributed by atoms with van der Waals surface area (Å²) >= 11 is 0. The van der Waals surface area contributed by atoms with Crippen molar-refractivity contribution in [3.8, 4) is 0 Å². The van der Waals surface area contributed by atoms with Gasteiger partial charge in [-0.1, -0.05) is 6.07 Å². The molecule has 3 atom stereocenters. The lowest BCUT2D eigenvalue weighted by Crippen LogP contribution is -2.48. The van der Waals surface area contributed by atoms with Crippen molar-refractivity contribution in [1.29, 1.82) is 0 Å². The summed E-state index contributed by atoms with van der Waals surface area (Å²) in [6.45, 7) is 4.81. The lowest BCUT2D eigenvalue weighted by Gasteiger charge is -2.37. The smallest absolute Gasteiger partial charge is 0.393 e. The van der Waals surface area contributed by atoms with Gasteiger partial charge in [-0.25, -0.2) is 0 Å². The summed E-state index contributed by atoms with van der Waals surface area (Å²) < 4.78 is 38.2. The molecule has 0 aromatic heterocycles. The minimum atomic E-state index is -4.44. The van der Waals surface area contributed by atoms with Crippen LogP contribution >= 0.6 is 0 Å². The molecule has 24 heavy (non-hydrogen) atoms. The Balaban J connectivity index is 2.01. The zero-order valence-corrected chi connectivity index (χ0v) is 13.8. The first-order chi connectivity index (χ1) is 11.2. The zero-order chi connectivity index (χ0) is 17.9. The molecule has 7 heteroatoms. The van der Waals surface area contributed by atoms with Gasteiger partial charge in [0.2, 0.25) is 5.91 Å². The quantitative estimate of drug-likeness (QED) is 0.882. The van der Waals surface area contributed by atoms with Crippen LogP contribution in [0.25, 0.3) is 0 Å². The first-order valence-electron chi connectivity index (χ1n) is 8.08. The van der Waals surface area contributed by atoms with E-state index in [4.69, 9.17) is 0 Å². The van der Waals surface area contributed by atoms with Crippen LogP contribution in [-0.4, -0.2) is 41.1 Å². The number of benzene rings is 1. The third-order valence-electron chi connectivity index (χ3n) is 4.56. The van der Waals surface area contributed by atoms with Crippen molar-refractivity contribution in [2.45, 2.75) is 45.0 Å². The second kappa shape index (κ2) is 7.53. The molecule has 134 valence electrons. The Kier molecular flexibility index (Phi) is 5.87. The van der Waals surface area contributed by atoms with Crippen LogP contribution < -0.4 is 5.32 Å². The van der Waals surface area contributed by atoms with Gasteiger partial charge in [-0.3, -0.25) is 9.69 Å². The highest BCUT2D eigenvalue weighted by molar-refractivity contribution is 5.94. The maximum absolute atomic E-state index is 12.7. The van der Waals surface area contributed by atoms with Crippen LogP contribution in [0.1, 0.15) is 32.3 Å². The molecule has 3 unspecified atom stereocenters. The molecule has 0 saturated carbocycles. The van der Waals surface area contributed by atoms with E-state index in [1.807, 2.05) is 4.90 Å². The van der Waals surface area contributed by atoms with Crippen LogP contribution in [0.2, 0.25) is 0 Å². The van der Waals surface area contributed by atoms with Crippen LogP contribution in [0.3, 0.4) is 0 Å². The highest BCUT2D eigenvalue weighted by atomic mass is 19.4. The minimum Gasteiger partial charge on any atom is -0.393 e. The molecule has 1 aromatic rings. The number of aliphatic hydroxyl groups is 1. The van der Waals surface area contributed by atoms with Gasteiger partial charge in [0.05, 0.1) is 17.7 Å². The van der Waals surface area contributed by atoms with Crippen molar-refractivity contribution < 1.29 is 23.1 Å². The molecule has 2 N–H and O–H groups in total. The number of anilines is 1. The number of aliphatic hydroxyl groups excluding tert-OH is 1. The largest absolute Gasteiger partial charge is 0.416 e. The van der Waals surface area contributed by atoms with Crippen molar-refractivity contribution in [3.05, 3.63) is 29.8 Å². The third-order valence-corrected chi connectivity index (χ3v) is 4.56. The zero-order valence-electron chi connectivity index (χ0n) is 13.8. The fourth-order valence-electron chi connectivity index (χ4n) is 2.97. The van der Waals surface area contributed by atoms with Gasteiger partial charge in [-0.15, -0.1) is 0 Å². The molecule has 1 saturated heterocycles. The average molecular weight is 344 g/mol. The SMILES string of the molecule is CC(O)C1CCCN(C(C)C(=O)Nc2cccc(C(F)(F)F)c2)C1. The van der Waals surface area contributed by atoms with E-state index in [-0.39, 0.29) is 17.5 Å². The lowest BCUT2D eigenvalue weighted by atomic mass is 9.92. The predicted octanol–water partition coefficient (Wildman–Crippen LogP) is 3.13. The number of rotatable bonds is 4. The molecule has 1 aliphatic heterocycles. The van der Waals surface area contributed by atoms with Crippen LogP contribution in [0.5, 0.6) is 0 Å². The molecule has 0 bridgehead atoms. The second-order valence-electron chi connectivity index (χ2n) is 6.38. The third kappa shape index (κ3) is 4.70. The molecule has 1 aliphatic rings. The van der Waals surface area contributed by atoms with E-state index in [2.05, 4.69) is 5.32 Å². The van der Waals surface area contributed by atoms with E-state index < -0.39 is 23.9 Å². The number of hydrogen-bond donors (Lipinski definition) is 2. The van der Waals surface area contributed by atoms with Crippen LogP contribution in [0, 0.1) is 5.92 Å². The van der Waals surface area contributed by atoms with Gasteiger partial charge in [0, 0.05) is 12.2 Å². The standard InChI is InChI=1S/C17H23F3N2O2/c1-11(22-8-4-5-13(10-22)12(2)23)16(24)21-15-7-3-6-14(9-15)17(18,19)20/h3,6-7,9,11-13,23H,4-5,8,10H2,1-2H3,(H,21,24). The molecule has 0 radical (unpaired) electrons. The topological polar surface area (TPSA) is 52.6 Å². The van der Waals surface area contributed by atoms with E-state index >= 15 is 0 Å². The summed E-state index contributed by atoms with van der Waals surface area (Å²) in [4.78, 5) is 14.3. The number of carbonyl (C=O) groups excluding carboxylic acids is 1. The maximum Gasteiger partial charge on any atom is 0.416 e. The fourth-order valence-corrected chi connectivity index (χ4v) is 2.97. The van der Waals surface area contributed by atoms with Gasteiger partial charge >= 0.3 is 6.18 Å². The Bertz CT molecular complexity index is 575. The highest BCUT2D eigenvalue weighted by Crippen LogP contribution is 2.30. The Morgan fingerprint density at radius 3 is 2.71 bits per heavy atom. The summed E-state index contributed by atoms with van der Waals surface area (Å²) in [5, 5.41) is 12.3. The molecular formula is C17H23F3N2O2. The van der Waals surface area contributed by atoms with Gasteiger partial charge in [-0.2, -0.15) is 13.2 Å². The number of hydrogen-bond acceptors (Lipinski definition) is 3. The first kappa shape index (κ1) is 18.7. The first-order valence-corrected chi connectivity index (χ1v) is 8.08. The molecule has 1 amide bonds. The molecule has 2 rings (SSSR count). The van der Waals surface area contributed by atoms with Crippen molar-refractivity contribution in [3.63, 3.8) is 0 Å². The van der Waals surface area contributed by atoms with E-state index in [9.17, 15) is 23.1 Å². The molecule has 0 aliphatic carbocycles. The Hall–Kier alpha value is -1.60. The minimum absolute atomic E-state index is 0.113. The Morgan fingerprint density at radius 2 is 2.08 bits per heavy atom. The van der Waals surface area contributed by atoms with E-state index in [0.717, 1.165) is 31.5 Å². The van der Waals surface area contributed by atoms with Crippen LogP contribution in [0.15, 0.2) is 24.3 Å². The summed E-state index contributed by atoms with van der Waals surface area (Å²) in [5.74, 6) is -0.233. The molecule has 1 heterocycles. The predicted molar refractivity (Wildman–Crippen MR) is 85.5 cm³/mol. The van der Waals surface area contributed by atoms with Crippen molar-refractivity contribution in [1.82, 2.24) is 4.90 Å². The average Bonchev–Trinajstić information content (AvgIpc) is 2.53. The maximum atomic E-state index is 12.7. The molecule has 1 fully saturated rings. The van der Waals surface area contributed by atoms with Crippen LogP contribution in [0.4, 0.5) is 18.9 Å². The summed E-state index contributed by atoms with van der Waals surface area (Å²) in [6.07, 6.45) is -3.08. The van der Waals surface area contributed by atoms with Crippen molar-refractivity contribution >= 4 is 11.6 Å². The molecule has 0 spiro atoms. The van der Waals surface area contributed by atoms with E-state index in [1.165, 1.54) is 12.1 Å². The van der Waals surface area contributed by atoms with Crippen LogP contribution in [-0.2, 0) is 11.0 Å². The molecule has 4 nitrogen and oxygen atoms in total. The van der Waals surface area contributed by atoms with Gasteiger partial charge in [-0.05, 0) is 57.4 Å². The second-order valence-corrected chi connectivity index (χ2v) is 6.38. The number of nitrogens with one attached hydrogen (secondary N) is 1. The van der Waals surface area contributed by atoms with E-state index in [0.29, 0.717) is 6.54 Å². The number of nitrogens with zero attached hydrogens (tertiary/aromatic N) is 1. The summed E-state index contributed by atoms with van der Waals surface area (Å²) in [5.41, 5.74) is -0.661. The van der Waals surface area contributed by atoms with Gasteiger partial charge < -0.3 is 10.4 Å². The Morgan fingerprint density at radius 1 is 1.38 bits per heavy atom. The monoisotopic (exact) mass is 344 g/mol. The highest BCUT2D eigenvalue weighted by Gasteiger charge is 2.31. The molecular weight excluding hydrogens is 321 g/mol. The van der Waals surface area contributed by atoms with Crippen molar-refractivity contribution in [2.75, 3.05) is 18.4 Å². The number of halogens is 3. The number of piperidine rings is 1. The van der Waals surface area contributed by atoms with Gasteiger partial charge in [0.1, 0.15) is 0 Å². The fraction of sp³-hybridized carbons (Fsp3) is 0.588. The number of alkyl halides is 3. The van der Waals surface area contributed by atoms with E-state index in [1.54, 1.807) is 13.8 Å². The lowest BCUT2D eigenvalue weighted by molar-refractivity contribution is -0.137. The van der Waals surface area contributed by atoms with Crippen molar-refractivity contribution in [2.24, 2.45) is 5.92 Å². The summed E-state index contributed by atoms with van der Waals surface area (Å²) in [6, 6.07) is 4.14. The summed E-state index contributed by atoms with van der Waals surface area (Å²) in [7, 11) is 0. The normalized spacial score (nSPS) is 22.0. The number of carbonyl (C=O) groups is 1. The Labute approximate surface area is 139 Å². The molecule has 1 aromatic carbocycles. The van der Waals surface area contributed by atoms with Gasteiger partial charge in [0.15, 0.2) is 0 Å². The number of amides is 1. The number of likely N-dealkylation sites (tertiary alicyclic amines) is 1.